The van der Waals surface area contributed by atoms with E-state index < -0.39 is 5.97 Å². The van der Waals surface area contributed by atoms with Crippen molar-refractivity contribution in [2.45, 2.75) is 0 Å². The molecule has 0 fully saturated rings. The van der Waals surface area contributed by atoms with Crippen LogP contribution >= 0.6 is 46.4 Å². The zero-order valence-corrected chi connectivity index (χ0v) is 13.1. The van der Waals surface area contributed by atoms with Crippen LogP contribution < -0.4 is 0 Å². The maximum Gasteiger partial charge on any atom is 0.357 e. The lowest BCUT2D eigenvalue weighted by Crippen LogP contribution is -2.07. The first-order valence-electron chi connectivity index (χ1n) is 5.34. The molecule has 7 heteroatoms. The standard InChI is InChI=1S/C13H7Cl4NO2/c1-20-13(19)12-6(2-5-9(16)18-12)10-7(14)3-4-8(15)11(10)17/h2-5H,1H3. The van der Waals surface area contributed by atoms with Gasteiger partial charge in [0.1, 0.15) is 5.15 Å². The quantitative estimate of drug-likeness (QED) is 0.427. The topological polar surface area (TPSA) is 39.2 Å². The van der Waals surface area contributed by atoms with Gasteiger partial charge >= 0.3 is 5.97 Å². The summed E-state index contributed by atoms with van der Waals surface area (Å²) in [6.45, 7) is 0. The van der Waals surface area contributed by atoms with Crippen LogP contribution in [0.2, 0.25) is 20.2 Å². The molecule has 0 aliphatic heterocycles. The molecule has 0 unspecified atom stereocenters. The van der Waals surface area contributed by atoms with Gasteiger partial charge in [-0.05, 0) is 24.3 Å². The van der Waals surface area contributed by atoms with Gasteiger partial charge < -0.3 is 4.74 Å². The molecule has 0 spiro atoms. The minimum Gasteiger partial charge on any atom is -0.464 e. The SMILES string of the molecule is COC(=O)c1nc(Cl)ccc1-c1c(Cl)ccc(Cl)c1Cl. The number of methoxy groups -OCH3 is 1. The molecule has 0 radical (unpaired) electrons. The Bertz CT molecular complexity index is 688. The molecule has 1 aromatic carbocycles. The molecule has 0 aliphatic carbocycles. The molecule has 0 saturated carbocycles. The van der Waals surface area contributed by atoms with Crippen molar-refractivity contribution in [3.63, 3.8) is 0 Å². The van der Waals surface area contributed by atoms with Gasteiger partial charge in [-0.3, -0.25) is 0 Å². The van der Waals surface area contributed by atoms with Gasteiger partial charge in [0.25, 0.3) is 0 Å². The normalized spacial score (nSPS) is 10.4. The minimum absolute atomic E-state index is 0.0195. The van der Waals surface area contributed by atoms with E-state index in [9.17, 15) is 4.79 Å². The van der Waals surface area contributed by atoms with Crippen LogP contribution in [0.4, 0.5) is 0 Å². The van der Waals surface area contributed by atoms with E-state index in [1.165, 1.54) is 13.2 Å². The Balaban J connectivity index is 2.77. The highest BCUT2D eigenvalue weighted by atomic mass is 35.5. The molecule has 104 valence electrons. The van der Waals surface area contributed by atoms with E-state index in [1.54, 1.807) is 18.2 Å². The summed E-state index contributed by atoms with van der Waals surface area (Å²) in [5, 5.41) is 1.04. The largest absolute Gasteiger partial charge is 0.464 e. The van der Waals surface area contributed by atoms with E-state index in [0.717, 1.165) is 0 Å². The summed E-state index contributed by atoms with van der Waals surface area (Å²) in [5.74, 6) is -0.644. The van der Waals surface area contributed by atoms with Gasteiger partial charge in [0.15, 0.2) is 5.69 Å². The molecule has 0 aliphatic rings. The first-order chi connectivity index (χ1) is 9.45. The van der Waals surface area contributed by atoms with Crippen molar-refractivity contribution in [1.82, 2.24) is 4.98 Å². The Morgan fingerprint density at radius 3 is 2.35 bits per heavy atom. The second-order valence-corrected chi connectivity index (χ2v) is 5.32. The summed E-state index contributed by atoms with van der Waals surface area (Å²) in [7, 11) is 1.25. The zero-order valence-electron chi connectivity index (χ0n) is 10.1. The molecule has 20 heavy (non-hydrogen) atoms. The lowest BCUT2D eigenvalue weighted by Gasteiger charge is -2.12. The van der Waals surface area contributed by atoms with Crippen molar-refractivity contribution in [2.75, 3.05) is 7.11 Å². The predicted octanol–water partition coefficient (Wildman–Crippen LogP) is 5.15. The third-order valence-electron chi connectivity index (χ3n) is 2.55. The maximum atomic E-state index is 11.8. The van der Waals surface area contributed by atoms with E-state index in [0.29, 0.717) is 21.2 Å². The number of benzene rings is 1. The minimum atomic E-state index is -0.644. The fraction of sp³-hybridized carbons (Fsp3) is 0.0769. The predicted molar refractivity (Wildman–Crippen MR) is 81.1 cm³/mol. The number of nitrogens with zero attached hydrogens (tertiary/aromatic N) is 1. The van der Waals surface area contributed by atoms with E-state index >= 15 is 0 Å². The van der Waals surface area contributed by atoms with Crippen molar-refractivity contribution in [2.24, 2.45) is 0 Å². The van der Waals surface area contributed by atoms with Gasteiger partial charge in [0.2, 0.25) is 0 Å². The van der Waals surface area contributed by atoms with Crippen molar-refractivity contribution < 1.29 is 9.53 Å². The molecule has 0 atom stereocenters. The van der Waals surface area contributed by atoms with Crippen molar-refractivity contribution in [3.05, 3.63) is 50.2 Å². The summed E-state index contributed by atoms with van der Waals surface area (Å²) in [4.78, 5) is 15.8. The highest BCUT2D eigenvalue weighted by Gasteiger charge is 2.21. The molecule has 3 nitrogen and oxygen atoms in total. The Hall–Kier alpha value is -1.000. The number of rotatable bonds is 2. The molecular formula is C13H7Cl4NO2. The van der Waals surface area contributed by atoms with Crippen LogP contribution in [0.5, 0.6) is 0 Å². The third-order valence-corrected chi connectivity index (χ3v) is 3.88. The summed E-state index contributed by atoms with van der Waals surface area (Å²) in [5.41, 5.74) is 0.829. The molecule has 2 rings (SSSR count). The van der Waals surface area contributed by atoms with Crippen molar-refractivity contribution >= 4 is 52.4 Å². The number of hydrogen-bond donors (Lipinski definition) is 0. The van der Waals surface area contributed by atoms with Crippen LogP contribution in [-0.4, -0.2) is 18.1 Å². The molecule has 1 aromatic heterocycles. The van der Waals surface area contributed by atoms with Crippen molar-refractivity contribution in [1.29, 1.82) is 0 Å². The second kappa shape index (κ2) is 6.19. The molecule has 0 N–H and O–H groups in total. The Morgan fingerprint density at radius 2 is 1.70 bits per heavy atom. The second-order valence-electron chi connectivity index (χ2n) is 3.74. The van der Waals surface area contributed by atoms with Gasteiger partial charge in [-0.1, -0.05) is 46.4 Å². The average Bonchev–Trinajstić information content (AvgIpc) is 2.44. The first-order valence-corrected chi connectivity index (χ1v) is 6.85. The van der Waals surface area contributed by atoms with E-state index in [1.807, 2.05) is 0 Å². The van der Waals surface area contributed by atoms with Crippen LogP contribution in [0.3, 0.4) is 0 Å². The number of halogens is 4. The number of carbonyl (C=O) groups is 1. The highest BCUT2D eigenvalue weighted by Crippen LogP contribution is 2.40. The number of hydrogen-bond acceptors (Lipinski definition) is 3. The van der Waals surface area contributed by atoms with Crippen LogP contribution in [0.1, 0.15) is 10.5 Å². The number of carbonyl (C=O) groups excluding carboxylic acids is 1. The summed E-state index contributed by atoms with van der Waals surface area (Å²) >= 11 is 24.1. The smallest absolute Gasteiger partial charge is 0.357 e. The van der Waals surface area contributed by atoms with Gasteiger partial charge in [-0.2, -0.15) is 0 Å². The van der Waals surface area contributed by atoms with Crippen LogP contribution in [0.25, 0.3) is 11.1 Å². The lowest BCUT2D eigenvalue weighted by molar-refractivity contribution is 0.0595. The number of aromatic nitrogens is 1. The fourth-order valence-corrected chi connectivity index (χ4v) is 2.54. The molecule has 1 heterocycles. The number of pyridine rings is 1. The number of esters is 1. The van der Waals surface area contributed by atoms with Gasteiger partial charge in [-0.15, -0.1) is 0 Å². The van der Waals surface area contributed by atoms with Crippen LogP contribution in [0, 0.1) is 0 Å². The van der Waals surface area contributed by atoms with E-state index in [4.69, 9.17) is 46.4 Å². The first kappa shape index (κ1) is 15.4. The summed E-state index contributed by atoms with van der Waals surface area (Å²) < 4.78 is 4.68. The Morgan fingerprint density at radius 1 is 1.05 bits per heavy atom. The fourth-order valence-electron chi connectivity index (χ4n) is 1.66. The molecule has 0 saturated heterocycles. The molecule has 0 amide bonds. The summed E-state index contributed by atoms with van der Waals surface area (Å²) in [6.07, 6.45) is 0. The molecule has 2 aromatic rings. The monoisotopic (exact) mass is 349 g/mol. The van der Waals surface area contributed by atoms with Crippen molar-refractivity contribution in [3.8, 4) is 11.1 Å². The average molecular weight is 351 g/mol. The Kier molecular flexibility index (Phi) is 4.76. The van der Waals surface area contributed by atoms with E-state index in [2.05, 4.69) is 9.72 Å². The van der Waals surface area contributed by atoms with Crippen LogP contribution in [0.15, 0.2) is 24.3 Å². The third kappa shape index (κ3) is 2.86. The zero-order chi connectivity index (χ0) is 14.9. The Labute approximate surface area is 135 Å². The lowest BCUT2D eigenvalue weighted by atomic mass is 10.0. The summed E-state index contributed by atoms with van der Waals surface area (Å²) in [6, 6.07) is 6.26. The van der Waals surface area contributed by atoms with E-state index in [-0.39, 0.29) is 15.9 Å². The maximum absolute atomic E-state index is 11.8. The molecule has 0 bridgehead atoms. The van der Waals surface area contributed by atoms with Gasteiger partial charge in [0.05, 0.1) is 22.2 Å². The highest BCUT2D eigenvalue weighted by molar-refractivity contribution is 6.46. The molecular weight excluding hydrogens is 344 g/mol. The van der Waals surface area contributed by atoms with Crippen LogP contribution in [-0.2, 0) is 4.74 Å². The number of ether oxygens (including phenoxy) is 1. The van der Waals surface area contributed by atoms with Gasteiger partial charge in [0, 0.05) is 11.1 Å². The van der Waals surface area contributed by atoms with Gasteiger partial charge in [-0.25, -0.2) is 9.78 Å².